The highest BCUT2D eigenvalue weighted by molar-refractivity contribution is 5.99. The van der Waals surface area contributed by atoms with E-state index >= 15 is 0 Å². The van der Waals surface area contributed by atoms with Crippen molar-refractivity contribution in [3.05, 3.63) is 58.7 Å². The molecule has 10 nitrogen and oxygen atoms in total. The average molecular weight is 611 g/mol. The molecular formula is C34H50N4O6. The lowest BCUT2D eigenvalue weighted by atomic mass is 9.90. The predicted octanol–water partition coefficient (Wildman–Crippen LogP) is 5.62. The Labute approximate surface area is 261 Å². The van der Waals surface area contributed by atoms with Crippen molar-refractivity contribution in [1.29, 1.82) is 0 Å². The van der Waals surface area contributed by atoms with Crippen molar-refractivity contribution in [3.63, 3.8) is 0 Å². The summed E-state index contributed by atoms with van der Waals surface area (Å²) < 4.78 is 0. The molecule has 2 aromatic carbocycles. The normalized spacial score (nSPS) is 12.2. The van der Waals surface area contributed by atoms with E-state index in [2.05, 4.69) is 21.7 Å². The number of unbranched alkanes of at least 4 members (excludes halogenated alkanes) is 3. The van der Waals surface area contributed by atoms with Crippen LogP contribution in [0.4, 0.5) is 0 Å². The molecule has 0 spiro atoms. The van der Waals surface area contributed by atoms with Crippen LogP contribution in [0.2, 0.25) is 0 Å². The first-order chi connectivity index (χ1) is 21.2. The Bertz CT molecular complexity index is 1250. The summed E-state index contributed by atoms with van der Waals surface area (Å²) in [6, 6.07) is 9.98. The molecule has 2 aromatic rings. The SMILES string of the molecule is CCCCc1cccc(C(=O)NNC(=O)C(CC)CCC(CCCC)C(=O)NNC(=O)c2cccc(CCCC)c2O)c1O. The van der Waals surface area contributed by atoms with Gasteiger partial charge < -0.3 is 10.2 Å². The Hall–Kier alpha value is -4.08. The third-order valence-corrected chi connectivity index (χ3v) is 7.93. The molecule has 10 heteroatoms. The van der Waals surface area contributed by atoms with Gasteiger partial charge in [-0.05, 0) is 74.6 Å². The molecule has 0 heterocycles. The van der Waals surface area contributed by atoms with Crippen molar-refractivity contribution >= 4 is 23.6 Å². The maximum Gasteiger partial charge on any atom is 0.273 e. The molecule has 0 aliphatic rings. The maximum absolute atomic E-state index is 13.1. The van der Waals surface area contributed by atoms with Crippen molar-refractivity contribution in [2.45, 2.75) is 105 Å². The van der Waals surface area contributed by atoms with E-state index in [4.69, 9.17) is 0 Å². The summed E-state index contributed by atoms with van der Waals surface area (Å²) in [6.45, 7) is 7.98. The molecule has 44 heavy (non-hydrogen) atoms. The van der Waals surface area contributed by atoms with Crippen molar-refractivity contribution in [2.75, 3.05) is 0 Å². The highest BCUT2D eigenvalue weighted by Gasteiger charge is 2.24. The number of benzene rings is 2. The van der Waals surface area contributed by atoms with Crippen LogP contribution < -0.4 is 21.7 Å². The third kappa shape index (κ3) is 10.9. The molecule has 0 saturated carbocycles. The number of nitrogens with one attached hydrogen (secondary N) is 4. The molecule has 2 rings (SSSR count). The standard InChI is InChI=1S/C34H50N4O6/c1-5-9-14-24-17-12-19-27(29(24)39)33(43)37-35-31(41)23(8-4)21-22-26(16-11-7-3)32(42)36-38-34(44)28-20-13-18-25(30(28)40)15-10-6-2/h12-13,17-20,23,26,39-40H,5-11,14-16,21-22H2,1-4H3,(H,35,41)(H,36,42)(H,37,43)(H,38,44). The summed E-state index contributed by atoms with van der Waals surface area (Å²) in [5.41, 5.74) is 11.3. The number of carbonyl (C=O) groups excluding carboxylic acids is 4. The van der Waals surface area contributed by atoms with Gasteiger partial charge in [-0.3, -0.25) is 40.9 Å². The Morgan fingerprint density at radius 2 is 1.02 bits per heavy atom. The van der Waals surface area contributed by atoms with Gasteiger partial charge in [0.25, 0.3) is 11.8 Å². The Balaban J connectivity index is 1.96. The molecule has 2 unspecified atom stereocenters. The lowest BCUT2D eigenvalue weighted by Gasteiger charge is -2.20. The van der Waals surface area contributed by atoms with E-state index in [0.717, 1.165) is 38.5 Å². The van der Waals surface area contributed by atoms with E-state index in [1.54, 1.807) is 24.3 Å². The van der Waals surface area contributed by atoms with E-state index in [-0.39, 0.29) is 34.4 Å². The van der Waals surface area contributed by atoms with Gasteiger partial charge in [-0.25, -0.2) is 0 Å². The van der Waals surface area contributed by atoms with Crippen LogP contribution in [0, 0.1) is 11.8 Å². The van der Waals surface area contributed by atoms with E-state index in [1.807, 2.05) is 27.7 Å². The van der Waals surface area contributed by atoms with Crippen LogP contribution in [-0.4, -0.2) is 33.8 Å². The van der Waals surface area contributed by atoms with Gasteiger partial charge in [-0.2, -0.15) is 0 Å². The van der Waals surface area contributed by atoms with Gasteiger partial charge in [-0.1, -0.05) is 77.6 Å². The van der Waals surface area contributed by atoms with Gasteiger partial charge in [0, 0.05) is 11.8 Å². The summed E-state index contributed by atoms with van der Waals surface area (Å²) in [7, 11) is 0. The van der Waals surface area contributed by atoms with Gasteiger partial charge >= 0.3 is 0 Å². The van der Waals surface area contributed by atoms with Crippen LogP contribution in [0.25, 0.3) is 0 Å². The summed E-state index contributed by atoms with van der Waals surface area (Å²) in [5, 5.41) is 21.1. The molecule has 0 fully saturated rings. The highest BCUT2D eigenvalue weighted by Crippen LogP contribution is 2.26. The van der Waals surface area contributed by atoms with Gasteiger partial charge in [0.1, 0.15) is 11.5 Å². The summed E-state index contributed by atoms with van der Waals surface area (Å²) in [6.07, 6.45) is 8.53. The Morgan fingerprint density at radius 1 is 0.591 bits per heavy atom. The van der Waals surface area contributed by atoms with Crippen LogP contribution in [-0.2, 0) is 22.4 Å². The number of rotatable bonds is 17. The van der Waals surface area contributed by atoms with Crippen molar-refractivity contribution in [3.8, 4) is 11.5 Å². The minimum absolute atomic E-state index is 0.0847. The third-order valence-electron chi connectivity index (χ3n) is 7.93. The molecular weight excluding hydrogens is 560 g/mol. The fraction of sp³-hybridized carbons (Fsp3) is 0.529. The maximum atomic E-state index is 13.1. The van der Waals surface area contributed by atoms with Crippen LogP contribution in [0.5, 0.6) is 11.5 Å². The topological polar surface area (TPSA) is 157 Å². The smallest absolute Gasteiger partial charge is 0.273 e. The zero-order valence-corrected chi connectivity index (χ0v) is 26.6. The van der Waals surface area contributed by atoms with E-state index < -0.39 is 23.7 Å². The minimum atomic E-state index is -0.609. The molecule has 4 amide bonds. The number of aryl methyl sites for hydroxylation is 2. The molecule has 0 radical (unpaired) electrons. The lowest BCUT2D eigenvalue weighted by Crippen LogP contribution is -2.45. The quantitative estimate of drug-likeness (QED) is 0.128. The lowest BCUT2D eigenvalue weighted by molar-refractivity contribution is -0.128. The first-order valence-corrected chi connectivity index (χ1v) is 16.0. The fourth-order valence-electron chi connectivity index (χ4n) is 5.04. The molecule has 242 valence electrons. The largest absolute Gasteiger partial charge is 0.507 e. The number of aromatic hydroxyl groups is 2. The molecule has 0 aromatic heterocycles. The number of hydrazine groups is 2. The Kier molecular flexibility index (Phi) is 15.8. The van der Waals surface area contributed by atoms with Crippen molar-refractivity contribution < 1.29 is 29.4 Å². The molecule has 0 aliphatic carbocycles. The number of phenols is 2. The van der Waals surface area contributed by atoms with Gasteiger partial charge in [-0.15, -0.1) is 0 Å². The highest BCUT2D eigenvalue weighted by atomic mass is 16.3. The molecule has 2 atom stereocenters. The number of hydrogen-bond acceptors (Lipinski definition) is 6. The number of carbonyl (C=O) groups is 4. The summed E-state index contributed by atoms with van der Waals surface area (Å²) >= 11 is 0. The molecule has 0 bridgehead atoms. The van der Waals surface area contributed by atoms with E-state index in [0.29, 0.717) is 49.7 Å². The summed E-state index contributed by atoms with van der Waals surface area (Å²) in [4.78, 5) is 51.5. The second-order valence-corrected chi connectivity index (χ2v) is 11.2. The van der Waals surface area contributed by atoms with Crippen LogP contribution in [0.1, 0.15) is 124 Å². The number of para-hydroxylation sites is 2. The molecule has 6 N–H and O–H groups in total. The number of hydrogen-bond donors (Lipinski definition) is 6. The monoisotopic (exact) mass is 610 g/mol. The van der Waals surface area contributed by atoms with Crippen LogP contribution in [0.15, 0.2) is 36.4 Å². The zero-order valence-electron chi connectivity index (χ0n) is 26.6. The zero-order chi connectivity index (χ0) is 32.5. The number of phenolic OH excluding ortho intramolecular Hbond substituents is 2. The van der Waals surface area contributed by atoms with Crippen LogP contribution >= 0.6 is 0 Å². The van der Waals surface area contributed by atoms with Gasteiger partial charge in [0.2, 0.25) is 11.8 Å². The van der Waals surface area contributed by atoms with E-state index in [1.165, 1.54) is 12.1 Å². The van der Waals surface area contributed by atoms with Gasteiger partial charge in [0.05, 0.1) is 11.1 Å². The number of amides is 4. The minimum Gasteiger partial charge on any atom is -0.507 e. The second-order valence-electron chi connectivity index (χ2n) is 11.2. The van der Waals surface area contributed by atoms with Crippen molar-refractivity contribution in [1.82, 2.24) is 21.7 Å². The van der Waals surface area contributed by atoms with Crippen LogP contribution in [0.3, 0.4) is 0 Å². The van der Waals surface area contributed by atoms with Gasteiger partial charge in [0.15, 0.2) is 0 Å². The van der Waals surface area contributed by atoms with E-state index in [9.17, 15) is 29.4 Å². The summed E-state index contributed by atoms with van der Waals surface area (Å²) in [5.74, 6) is -3.05. The fourth-order valence-corrected chi connectivity index (χ4v) is 5.04. The molecule has 0 saturated heterocycles. The average Bonchev–Trinajstić information content (AvgIpc) is 3.02. The molecule has 0 aliphatic heterocycles. The second kappa shape index (κ2) is 19.2. The Morgan fingerprint density at radius 3 is 1.45 bits per heavy atom. The first kappa shape index (κ1) is 36.1. The first-order valence-electron chi connectivity index (χ1n) is 16.0. The predicted molar refractivity (Wildman–Crippen MR) is 171 cm³/mol. The van der Waals surface area contributed by atoms with Crippen molar-refractivity contribution in [2.24, 2.45) is 11.8 Å².